The highest BCUT2D eigenvalue weighted by Crippen LogP contribution is 2.56. The first kappa shape index (κ1) is 20.2. The molecule has 0 spiro atoms. The minimum atomic E-state index is -3.45. The molecule has 0 radical (unpaired) electrons. The maximum Gasteiger partial charge on any atom is 0.356 e. The topological polar surface area (TPSA) is 59.7 Å². The van der Waals surface area contributed by atoms with E-state index in [1.807, 2.05) is 41.9 Å². The highest BCUT2D eigenvalue weighted by atomic mass is 31.2. The van der Waals surface area contributed by atoms with Crippen LogP contribution in [0.15, 0.2) is 59.6 Å². The standard InChI is InChI=1S/C23H24FN4O2P/c1-17-21-22(28(26-17)20-9-5-4-6-10-20)25-23(18-11-13-19(24)14-12-18)30-31(21,29)27-15-7-2-3-8-16-27/h4-6,9-14H,2-3,7-8,15-16H2,1H3. The number of rotatable bonds is 3. The van der Waals surface area contributed by atoms with Crippen molar-refractivity contribution < 1.29 is 13.5 Å². The molecule has 0 saturated carbocycles. The van der Waals surface area contributed by atoms with Gasteiger partial charge in [-0.05, 0) is 56.2 Å². The molecule has 1 atom stereocenters. The number of aromatic nitrogens is 2. The summed E-state index contributed by atoms with van der Waals surface area (Å²) in [6.07, 6.45) is 4.17. The fourth-order valence-electron chi connectivity index (χ4n) is 4.19. The molecule has 31 heavy (non-hydrogen) atoms. The second-order valence-electron chi connectivity index (χ2n) is 7.91. The molecule has 0 amide bonds. The normalized spacial score (nSPS) is 21.7. The summed E-state index contributed by atoms with van der Waals surface area (Å²) < 4.78 is 38.0. The monoisotopic (exact) mass is 438 g/mol. The van der Waals surface area contributed by atoms with Crippen LogP contribution in [0.5, 0.6) is 0 Å². The van der Waals surface area contributed by atoms with E-state index in [0.29, 0.717) is 35.5 Å². The number of hydrogen-bond donors (Lipinski definition) is 0. The fourth-order valence-corrected chi connectivity index (χ4v) is 6.72. The van der Waals surface area contributed by atoms with Crippen LogP contribution in [0, 0.1) is 12.7 Å². The molecule has 2 aromatic carbocycles. The third-order valence-electron chi connectivity index (χ3n) is 5.75. The van der Waals surface area contributed by atoms with Gasteiger partial charge in [-0.2, -0.15) is 10.1 Å². The number of nitrogens with zero attached hydrogens (tertiary/aromatic N) is 4. The van der Waals surface area contributed by atoms with Crippen LogP contribution < -0.4 is 5.30 Å². The molecule has 3 aromatic rings. The maximum absolute atomic E-state index is 14.6. The van der Waals surface area contributed by atoms with Gasteiger partial charge in [0, 0.05) is 18.7 Å². The molecule has 8 heteroatoms. The van der Waals surface area contributed by atoms with E-state index in [9.17, 15) is 8.96 Å². The van der Waals surface area contributed by atoms with Crippen LogP contribution in [0.25, 0.3) is 5.69 Å². The number of para-hydroxylation sites is 1. The van der Waals surface area contributed by atoms with Gasteiger partial charge in [0.2, 0.25) is 5.90 Å². The highest BCUT2D eigenvalue weighted by molar-refractivity contribution is 7.65. The molecule has 1 saturated heterocycles. The Labute approximate surface area is 180 Å². The van der Waals surface area contributed by atoms with Crippen LogP contribution in [0.3, 0.4) is 0 Å². The molecule has 2 aliphatic rings. The number of aryl methyl sites for hydroxylation is 1. The van der Waals surface area contributed by atoms with Crippen LogP contribution in [0.2, 0.25) is 0 Å². The van der Waals surface area contributed by atoms with Crippen LogP contribution in [0.4, 0.5) is 10.2 Å². The highest BCUT2D eigenvalue weighted by Gasteiger charge is 2.45. The van der Waals surface area contributed by atoms with E-state index >= 15 is 0 Å². The zero-order valence-electron chi connectivity index (χ0n) is 17.4. The molecule has 1 fully saturated rings. The summed E-state index contributed by atoms with van der Waals surface area (Å²) in [6.45, 7) is 3.25. The first-order valence-corrected chi connectivity index (χ1v) is 12.2. The van der Waals surface area contributed by atoms with Crippen molar-refractivity contribution in [1.82, 2.24) is 14.5 Å². The second-order valence-corrected chi connectivity index (χ2v) is 10.1. The third-order valence-corrected chi connectivity index (χ3v) is 8.41. The van der Waals surface area contributed by atoms with Crippen LogP contribution in [-0.4, -0.2) is 33.4 Å². The molecule has 1 unspecified atom stereocenters. The van der Waals surface area contributed by atoms with Gasteiger partial charge < -0.3 is 4.52 Å². The van der Waals surface area contributed by atoms with Gasteiger partial charge in [0.25, 0.3) is 0 Å². The summed E-state index contributed by atoms with van der Waals surface area (Å²) in [5.41, 5.74) is 2.06. The molecule has 3 heterocycles. The zero-order valence-corrected chi connectivity index (χ0v) is 18.3. The lowest BCUT2D eigenvalue weighted by atomic mass is 10.2. The summed E-state index contributed by atoms with van der Waals surface area (Å²) in [4.78, 5) is 4.73. The van der Waals surface area contributed by atoms with Gasteiger partial charge in [0.15, 0.2) is 5.82 Å². The van der Waals surface area contributed by atoms with Crippen LogP contribution in [0.1, 0.15) is 36.9 Å². The zero-order chi connectivity index (χ0) is 21.4. The average molecular weight is 438 g/mol. The van der Waals surface area contributed by atoms with Crippen molar-refractivity contribution in [2.75, 3.05) is 13.1 Å². The Balaban J connectivity index is 1.71. The Hall–Kier alpha value is -2.76. The van der Waals surface area contributed by atoms with Gasteiger partial charge in [0.05, 0.1) is 11.4 Å². The Kier molecular flexibility index (Phi) is 5.24. The maximum atomic E-state index is 14.6. The fraction of sp³-hybridized carbons (Fsp3) is 0.304. The third kappa shape index (κ3) is 3.62. The van der Waals surface area contributed by atoms with E-state index in [1.165, 1.54) is 12.1 Å². The van der Waals surface area contributed by atoms with E-state index in [-0.39, 0.29) is 11.7 Å². The van der Waals surface area contributed by atoms with Crippen molar-refractivity contribution in [2.24, 2.45) is 4.99 Å². The average Bonchev–Trinajstić information content (AvgIpc) is 2.95. The number of hydrogen-bond acceptors (Lipinski definition) is 4. The molecule has 6 nitrogen and oxygen atoms in total. The van der Waals surface area contributed by atoms with E-state index in [1.54, 1.807) is 16.8 Å². The van der Waals surface area contributed by atoms with E-state index in [2.05, 4.69) is 5.10 Å². The lowest BCUT2D eigenvalue weighted by Gasteiger charge is -2.33. The minimum absolute atomic E-state index is 0.233. The molecule has 1 aromatic heterocycles. The Morgan fingerprint density at radius 3 is 2.32 bits per heavy atom. The van der Waals surface area contributed by atoms with E-state index < -0.39 is 7.52 Å². The molecule has 0 aliphatic carbocycles. The molecule has 160 valence electrons. The lowest BCUT2D eigenvalue weighted by molar-refractivity contribution is 0.363. The largest absolute Gasteiger partial charge is 0.410 e. The van der Waals surface area contributed by atoms with Gasteiger partial charge in [-0.15, -0.1) is 0 Å². The molecule has 0 N–H and O–H groups in total. The smallest absolute Gasteiger partial charge is 0.356 e. The van der Waals surface area contributed by atoms with Gasteiger partial charge in [-0.3, -0.25) is 4.57 Å². The summed E-state index contributed by atoms with van der Waals surface area (Å²) in [5.74, 6) is 0.403. The molecule has 5 rings (SSSR count). The number of fused-ring (bicyclic) bond motifs is 1. The molecule has 2 aliphatic heterocycles. The Bertz CT molecular complexity index is 1170. The van der Waals surface area contributed by atoms with Crippen molar-refractivity contribution in [3.8, 4) is 5.69 Å². The number of aliphatic imine (C=N–C) groups is 1. The van der Waals surface area contributed by atoms with Crippen molar-refractivity contribution in [3.05, 3.63) is 71.7 Å². The first-order chi connectivity index (χ1) is 15.1. The second kappa shape index (κ2) is 8.06. The summed E-state index contributed by atoms with van der Waals surface area (Å²) in [6, 6.07) is 15.6. The molecular formula is C23H24FN4O2P. The van der Waals surface area contributed by atoms with Gasteiger partial charge in [-0.25, -0.2) is 13.7 Å². The van der Waals surface area contributed by atoms with E-state index in [4.69, 9.17) is 9.52 Å². The van der Waals surface area contributed by atoms with Crippen molar-refractivity contribution in [1.29, 1.82) is 0 Å². The van der Waals surface area contributed by atoms with Gasteiger partial charge in [0.1, 0.15) is 11.1 Å². The molecule has 0 bridgehead atoms. The SMILES string of the molecule is Cc1nn(-c2ccccc2)c2c1P(=O)(N1CCCCCC1)OC(c1ccc(F)cc1)=N2. The van der Waals surface area contributed by atoms with Crippen molar-refractivity contribution >= 4 is 24.5 Å². The Morgan fingerprint density at radius 1 is 0.968 bits per heavy atom. The van der Waals surface area contributed by atoms with Crippen LogP contribution in [-0.2, 0) is 9.09 Å². The predicted octanol–water partition coefficient (Wildman–Crippen LogP) is 5.12. The summed E-state index contributed by atoms with van der Waals surface area (Å²) in [5, 5.41) is 5.25. The van der Waals surface area contributed by atoms with Crippen molar-refractivity contribution in [2.45, 2.75) is 32.6 Å². The van der Waals surface area contributed by atoms with E-state index in [0.717, 1.165) is 31.4 Å². The lowest BCUT2D eigenvalue weighted by Crippen LogP contribution is -2.33. The minimum Gasteiger partial charge on any atom is -0.410 e. The Morgan fingerprint density at radius 2 is 1.65 bits per heavy atom. The summed E-state index contributed by atoms with van der Waals surface area (Å²) >= 11 is 0. The van der Waals surface area contributed by atoms with Gasteiger partial charge >= 0.3 is 7.52 Å². The quantitative estimate of drug-likeness (QED) is 0.533. The summed E-state index contributed by atoms with van der Waals surface area (Å²) in [7, 11) is -3.45. The van der Waals surface area contributed by atoms with Crippen LogP contribution >= 0.6 is 7.52 Å². The van der Waals surface area contributed by atoms with Gasteiger partial charge in [-0.1, -0.05) is 31.0 Å². The number of benzene rings is 2. The number of halogens is 1. The predicted molar refractivity (Wildman–Crippen MR) is 119 cm³/mol. The van der Waals surface area contributed by atoms with Crippen molar-refractivity contribution in [3.63, 3.8) is 0 Å². The molecular weight excluding hydrogens is 414 g/mol. The first-order valence-electron chi connectivity index (χ1n) is 10.6.